The summed E-state index contributed by atoms with van der Waals surface area (Å²) < 4.78 is 41.1. The first-order valence-corrected chi connectivity index (χ1v) is 20.0. The third-order valence-corrected chi connectivity index (χ3v) is 4.70. The predicted molar refractivity (Wildman–Crippen MR) is 177 cm³/mol. The molecule has 12 nitrogen and oxygen atoms in total. The summed E-state index contributed by atoms with van der Waals surface area (Å²) in [5.74, 6) is -1.26. The molecule has 0 heterocycles. The molecule has 0 aliphatic rings. The van der Waals surface area contributed by atoms with Crippen molar-refractivity contribution in [2.45, 2.75) is 90.4 Å². The molecule has 2 amide bonds. The van der Waals surface area contributed by atoms with Gasteiger partial charge in [-0.15, -0.1) is 0 Å². The highest BCUT2D eigenvalue weighted by molar-refractivity contribution is 15.0. The zero-order valence-electron chi connectivity index (χ0n) is 24.9. The van der Waals surface area contributed by atoms with Gasteiger partial charge in [0.05, 0.1) is 59.0 Å². The van der Waals surface area contributed by atoms with Crippen LogP contribution in [-0.4, -0.2) is 91.6 Å². The minimum absolute atomic E-state index is 0.00926. The lowest BCUT2D eigenvalue weighted by atomic mass is 10.1. The van der Waals surface area contributed by atoms with Gasteiger partial charge in [0.2, 0.25) is 15.7 Å². The van der Waals surface area contributed by atoms with Crippen LogP contribution in [0, 0.1) is 22.7 Å². The molecule has 232 valence electrons. The van der Waals surface area contributed by atoms with Crippen LogP contribution in [0.3, 0.4) is 0 Å². The van der Waals surface area contributed by atoms with Gasteiger partial charge >= 0.3 is 0 Å². The molecule has 18 heteroatoms. The Bertz CT molecular complexity index is 783. The maximum absolute atomic E-state index is 10.6. The Kier molecular flexibility index (Phi) is 49.4. The molecule has 0 bridgehead atoms. The lowest BCUT2D eigenvalue weighted by molar-refractivity contribution is 0.240. The van der Waals surface area contributed by atoms with Crippen LogP contribution in [0.25, 0.3) is 0 Å². The van der Waals surface area contributed by atoms with Gasteiger partial charge in [-0.1, -0.05) is 27.7 Å². The maximum atomic E-state index is 10.6. The van der Waals surface area contributed by atoms with Gasteiger partial charge in [-0.25, -0.2) is 0 Å². The number of nitrogens with two attached hydrogens (primary N) is 2. The number of aliphatic hydroxyl groups is 1. The predicted octanol–water partition coefficient (Wildman–Crippen LogP) is 2.89. The zero-order valence-corrected chi connectivity index (χ0v) is 29.0. The van der Waals surface area contributed by atoms with Crippen LogP contribution in [0.1, 0.15) is 67.6 Å². The van der Waals surface area contributed by atoms with Crippen molar-refractivity contribution in [3.05, 3.63) is 0 Å². The number of hydrogen-bond acceptors (Lipinski definition) is 10. The van der Waals surface area contributed by atoms with E-state index in [1.54, 1.807) is 6.92 Å². The molecular weight excluding hydrogens is 771 g/mol. The molecule has 0 spiro atoms. The van der Waals surface area contributed by atoms with Crippen LogP contribution in [0.2, 0.25) is 0 Å². The Morgan fingerprint density at radius 2 is 1.35 bits per heavy atom. The second-order valence-corrected chi connectivity index (χ2v) is 9.10. The van der Waals surface area contributed by atoms with Gasteiger partial charge in [-0.3, -0.25) is 18.2 Å². The number of nitrogens with zero attached hydrogens (tertiary/aromatic N) is 2. The van der Waals surface area contributed by atoms with Gasteiger partial charge in [-0.2, -0.15) is 18.9 Å². The normalized spacial score (nSPS) is 12.4. The van der Waals surface area contributed by atoms with Crippen LogP contribution in [0.5, 0.6) is 0 Å². The van der Waals surface area contributed by atoms with Crippen molar-refractivity contribution in [1.29, 1.82) is 10.5 Å². The van der Waals surface area contributed by atoms with E-state index in [1.807, 2.05) is 32.9 Å². The number of carbonyl (C=O) groups excluding carboxylic acids is 2. The largest absolute Gasteiger partial charge is 0.395 e. The molecule has 0 aliphatic carbocycles. The van der Waals surface area contributed by atoms with E-state index in [1.165, 1.54) is 0 Å². The summed E-state index contributed by atoms with van der Waals surface area (Å²) in [7, 11) is 5.24. The first-order valence-electron chi connectivity index (χ1n) is 12.6. The first-order chi connectivity index (χ1) is 19.1. The van der Waals surface area contributed by atoms with Gasteiger partial charge in [-0.05, 0) is 25.7 Å². The van der Waals surface area contributed by atoms with E-state index in [0.29, 0.717) is 19.3 Å². The lowest BCUT2D eigenvalue weighted by Gasteiger charge is -2.14. The smallest absolute Gasteiger partial charge is 0.264 e. The van der Waals surface area contributed by atoms with Gasteiger partial charge in [0.1, 0.15) is 0 Å². The molecule has 0 aromatic heterocycles. The van der Waals surface area contributed by atoms with Crippen LogP contribution in [0.4, 0.5) is 14.0 Å². The summed E-state index contributed by atoms with van der Waals surface area (Å²) in [5.41, 5.74) is 10.6. The fourth-order valence-electron chi connectivity index (χ4n) is 1.67. The topological polar surface area (TPSA) is 221 Å². The van der Waals surface area contributed by atoms with Crippen LogP contribution < -0.4 is 22.1 Å². The summed E-state index contributed by atoms with van der Waals surface area (Å²) in [5, 5.41) is 29.3. The van der Waals surface area contributed by atoms with Crippen molar-refractivity contribution >= 4 is 74.7 Å². The number of halogens is 3. The second kappa shape index (κ2) is 40.4. The summed E-state index contributed by atoms with van der Waals surface area (Å²) in [6, 6.07) is 3.56. The van der Waals surface area contributed by atoms with E-state index >= 15 is 0 Å². The molecular formula is C22H45B2FI2N6O6S. The molecule has 0 fully saturated rings. The molecule has 0 saturated heterocycles. The number of nitriles is 2. The molecule has 0 unspecified atom stereocenters. The molecule has 0 aliphatic heterocycles. The van der Waals surface area contributed by atoms with E-state index in [4.69, 9.17) is 44.2 Å². The highest BCUT2D eigenvalue weighted by Gasteiger charge is 2.10. The van der Waals surface area contributed by atoms with Crippen molar-refractivity contribution in [2.24, 2.45) is 11.5 Å². The van der Waals surface area contributed by atoms with Crippen molar-refractivity contribution in [3.63, 3.8) is 0 Å². The van der Waals surface area contributed by atoms with Crippen molar-refractivity contribution in [2.75, 3.05) is 26.6 Å². The number of alkyl halides is 1. The van der Waals surface area contributed by atoms with Crippen molar-refractivity contribution in [3.8, 4) is 12.1 Å². The average Bonchev–Trinajstić information content (AvgIpc) is 2.92. The summed E-state index contributed by atoms with van der Waals surface area (Å²) in [6.07, 6.45) is 4.79. The fourth-order valence-corrected chi connectivity index (χ4v) is 2.08. The van der Waals surface area contributed by atoms with Gasteiger partial charge in [0.15, 0.2) is 11.6 Å². The SMILES string of the molecule is CC[C@@H](N)CC#N.CC[C@@H](N)CO.II.[2H]CF.[B]C(=O)N[C@H](CC)CC#N.[B]C(=O)N[C@H](CC)COS(C)(=O)=O. The number of aliphatic hydroxyl groups excluding tert-OH is 1. The van der Waals surface area contributed by atoms with E-state index in [9.17, 15) is 22.4 Å². The Labute approximate surface area is 267 Å². The Balaban J connectivity index is -0.0000000977. The molecule has 0 aromatic rings. The second-order valence-electron chi connectivity index (χ2n) is 7.46. The molecule has 0 rings (SSSR count). The van der Waals surface area contributed by atoms with E-state index in [0.717, 1.165) is 25.5 Å². The molecule has 4 atom stereocenters. The molecule has 4 radical (unpaired) electrons. The number of amides is 2. The lowest BCUT2D eigenvalue weighted by Crippen LogP contribution is -2.37. The Hall–Kier alpha value is -0.770. The maximum Gasteiger partial charge on any atom is 0.264 e. The Morgan fingerprint density at radius 1 is 0.975 bits per heavy atom. The molecule has 0 aromatic carbocycles. The highest BCUT2D eigenvalue weighted by atomic mass is 128. The van der Waals surface area contributed by atoms with Crippen molar-refractivity contribution in [1.82, 2.24) is 10.6 Å². The van der Waals surface area contributed by atoms with E-state index in [2.05, 4.69) is 52.0 Å². The van der Waals surface area contributed by atoms with Crippen LogP contribution in [-0.2, 0) is 14.3 Å². The Morgan fingerprint density at radius 3 is 1.55 bits per heavy atom. The standard InChI is InChI=1S/C6H9BN2O.C6H12BNO4S.C5H10N2.C4H11NO.CH3F.I2/c1-2-5(3-4-8)9-6(7)10;1-3-5(8-6(7)9)4-12-13(2,10)11;1-2-5(7)3-4-6;1-2-4(5)3-6;2*1-2/h5H,2-3H2,1H3,(H,9,10);5H,3-4H2,1-2H3,(H,8,9);5H,2-3,7H2,1H3;4,6H,2-3,5H2,1H3;1H3;/t3*5-;4-;;/m1111../s1/i;;;;1D;. The average molecular weight is 817 g/mol. The number of rotatable bonds is 12. The summed E-state index contributed by atoms with van der Waals surface area (Å²) in [6.45, 7) is 7.61. The van der Waals surface area contributed by atoms with Gasteiger partial charge in [0.25, 0.3) is 10.1 Å². The quantitative estimate of drug-likeness (QED) is 0.110. The zero-order chi connectivity index (χ0) is 33.9. The molecule has 40 heavy (non-hydrogen) atoms. The van der Waals surface area contributed by atoms with E-state index < -0.39 is 28.9 Å². The minimum atomic E-state index is -3.46. The first kappa shape index (κ1) is 48.9. The summed E-state index contributed by atoms with van der Waals surface area (Å²) >= 11 is 4.24. The highest BCUT2D eigenvalue weighted by Crippen LogP contribution is 1.96. The summed E-state index contributed by atoms with van der Waals surface area (Å²) in [4.78, 5) is 20.6. The van der Waals surface area contributed by atoms with Gasteiger partial charge in [0, 0.05) is 55.4 Å². The third-order valence-electron chi connectivity index (χ3n) is 4.14. The monoisotopic (exact) mass is 817 g/mol. The number of nitrogens with one attached hydrogen (secondary N) is 2. The van der Waals surface area contributed by atoms with Crippen LogP contribution >= 0.6 is 37.2 Å². The fraction of sp³-hybridized carbons (Fsp3) is 0.818. The van der Waals surface area contributed by atoms with Gasteiger partial charge < -0.3 is 27.2 Å². The third kappa shape index (κ3) is 57.2. The number of carbonyl (C=O) groups is 2. The van der Waals surface area contributed by atoms with Crippen molar-refractivity contribution < 1.29 is 33.1 Å². The van der Waals surface area contributed by atoms with Crippen LogP contribution in [0.15, 0.2) is 0 Å². The molecule has 0 saturated carbocycles. The molecule has 7 N–H and O–H groups in total. The number of hydrogen-bond donors (Lipinski definition) is 5. The van der Waals surface area contributed by atoms with E-state index in [-0.39, 0.29) is 37.4 Å². The minimum Gasteiger partial charge on any atom is -0.395 e.